The number of nitrogens with one attached hydrogen (secondary N) is 1. The molecule has 16 nitrogen and oxygen atoms in total. The van der Waals surface area contributed by atoms with Crippen molar-refractivity contribution in [1.29, 1.82) is 0 Å². The fraction of sp³-hybridized carbons (Fsp3) is 0.435. The Morgan fingerprint density at radius 1 is 0.974 bits per heavy atom. The van der Waals surface area contributed by atoms with Gasteiger partial charge in [-0.3, -0.25) is 9.78 Å². The molecule has 4 rings (SSSR count). The van der Waals surface area contributed by atoms with Crippen LogP contribution in [0.1, 0.15) is 11.1 Å². The van der Waals surface area contributed by atoms with Crippen molar-refractivity contribution in [2.45, 2.75) is 50.9 Å². The summed E-state index contributed by atoms with van der Waals surface area (Å²) in [6, 6.07) is 3.53. The highest BCUT2D eigenvalue weighted by molar-refractivity contribution is 5.89. The predicted octanol–water partition coefficient (Wildman–Crippen LogP) is -3.13. The van der Waals surface area contributed by atoms with Crippen LogP contribution in [0.25, 0.3) is 22.6 Å². The molecule has 39 heavy (non-hydrogen) atoms. The van der Waals surface area contributed by atoms with Crippen molar-refractivity contribution in [2.75, 3.05) is 13.2 Å². The zero-order chi connectivity index (χ0) is 29.2. The summed E-state index contributed by atoms with van der Waals surface area (Å²) in [4.78, 5) is 44.5. The summed E-state index contributed by atoms with van der Waals surface area (Å²) in [6.45, 7) is 2.06. The molecular weight excluding hydrogens is 524 g/mol. The van der Waals surface area contributed by atoms with Crippen molar-refractivity contribution < 1.29 is 50.4 Å². The Morgan fingerprint density at radius 2 is 1.62 bits per heavy atom. The number of hydrogen-bond acceptors (Lipinski definition) is 14. The Morgan fingerprint density at radius 3 is 2.18 bits per heavy atom. The van der Waals surface area contributed by atoms with Gasteiger partial charge in [0.1, 0.15) is 24.4 Å². The fourth-order valence-electron chi connectivity index (χ4n) is 3.72. The number of cyclic esters (lactones) is 1. The molecule has 0 fully saturated rings. The van der Waals surface area contributed by atoms with E-state index in [0.29, 0.717) is 11.0 Å². The van der Waals surface area contributed by atoms with Gasteiger partial charge in [-0.15, -0.1) is 0 Å². The molecule has 0 bridgehead atoms. The second-order valence-electron chi connectivity index (χ2n) is 8.81. The standard InChI is InChI=1S/C17H20N4O6.C6H8O6/c1-7-3-9-10(4-8(7)2)21(5-11(23)14(25)12(24)6-22)15-13(18-9)16(26)20-17(27)19-15;7-1-2(8)5-3(9)4(10)6(11)12-5/h3-4,11-12,14,22-25H,5-6H2,1-2H3,(H,20,26,27);2,5,7-10H,1H2/t11-,12+,14-;2-,5+/m00/s1. The summed E-state index contributed by atoms with van der Waals surface area (Å²) in [5, 5.41) is 73.8. The van der Waals surface area contributed by atoms with Gasteiger partial charge in [0.15, 0.2) is 23.4 Å². The van der Waals surface area contributed by atoms with Gasteiger partial charge in [0.2, 0.25) is 5.76 Å². The molecule has 3 heterocycles. The molecular formula is C23H28N4O12. The summed E-state index contributed by atoms with van der Waals surface area (Å²) < 4.78 is 5.72. The van der Waals surface area contributed by atoms with E-state index in [4.69, 9.17) is 25.5 Å². The number of hydrogen-bond donors (Lipinski definition) is 9. The molecule has 0 aromatic heterocycles. The molecule has 0 aliphatic carbocycles. The van der Waals surface area contributed by atoms with Gasteiger partial charge >= 0.3 is 11.7 Å². The second kappa shape index (κ2) is 11.9. The van der Waals surface area contributed by atoms with Gasteiger partial charge in [-0.1, -0.05) is 0 Å². The van der Waals surface area contributed by atoms with Crippen molar-refractivity contribution in [3.05, 3.63) is 55.6 Å². The number of carbonyl (C=O) groups is 1. The van der Waals surface area contributed by atoms with E-state index in [1.165, 1.54) is 4.57 Å². The lowest BCUT2D eigenvalue weighted by Gasteiger charge is -2.25. The van der Waals surface area contributed by atoms with Crippen molar-refractivity contribution in [2.24, 2.45) is 0 Å². The molecule has 0 saturated heterocycles. The first-order valence-corrected chi connectivity index (χ1v) is 11.5. The molecule has 9 N–H and O–H groups in total. The molecule has 212 valence electrons. The largest absolute Gasteiger partial charge is 0.505 e. The number of rotatable bonds is 7. The number of fused-ring (bicyclic) bond motifs is 2. The number of aryl methyl sites for hydroxylation is 2. The molecule has 5 atom stereocenters. The minimum absolute atomic E-state index is 0.0516. The summed E-state index contributed by atoms with van der Waals surface area (Å²) in [7, 11) is 0. The van der Waals surface area contributed by atoms with E-state index in [1.54, 1.807) is 12.1 Å². The molecule has 0 unspecified atom stereocenters. The maximum absolute atomic E-state index is 12.2. The van der Waals surface area contributed by atoms with Crippen LogP contribution in [-0.4, -0.2) is 110 Å². The molecule has 0 spiro atoms. The zero-order valence-corrected chi connectivity index (χ0v) is 20.7. The first-order valence-electron chi connectivity index (χ1n) is 11.5. The molecule has 3 aliphatic rings. The second-order valence-corrected chi connectivity index (χ2v) is 8.81. The summed E-state index contributed by atoms with van der Waals surface area (Å²) >= 11 is 0. The molecule has 0 saturated carbocycles. The van der Waals surface area contributed by atoms with Crippen LogP contribution in [0.2, 0.25) is 0 Å². The smallest absolute Gasteiger partial charge is 0.377 e. The third-order valence-corrected chi connectivity index (χ3v) is 6.05. The van der Waals surface area contributed by atoms with Gasteiger partial charge in [0.25, 0.3) is 5.56 Å². The normalized spacial score (nSPS) is 18.5. The van der Waals surface area contributed by atoms with Crippen LogP contribution >= 0.6 is 0 Å². The maximum atomic E-state index is 12.2. The van der Waals surface area contributed by atoms with Crippen LogP contribution in [0.4, 0.5) is 0 Å². The van der Waals surface area contributed by atoms with Crippen molar-refractivity contribution in [1.82, 2.24) is 19.5 Å². The van der Waals surface area contributed by atoms with Gasteiger partial charge < -0.3 is 50.2 Å². The molecule has 1 aromatic rings. The van der Waals surface area contributed by atoms with E-state index in [2.05, 4.69) is 19.7 Å². The monoisotopic (exact) mass is 552 g/mol. The van der Waals surface area contributed by atoms with E-state index in [0.717, 1.165) is 11.1 Å². The zero-order valence-electron chi connectivity index (χ0n) is 20.7. The number of nitrogens with zero attached hydrogens (tertiary/aromatic N) is 3. The number of benzene rings is 1. The molecule has 0 radical (unpaired) electrons. The SMILES string of the molecule is Cc1cc2nc3c(=O)[nH]c(=O)nc-3n(C[C@H](O)[C@H](O)[C@H](O)CO)c2cc1C.O=C1O[C@H]([C@@H](O)CO)C(O)=C1O. The average Bonchev–Trinajstić information content (AvgIpc) is 3.16. The average molecular weight is 552 g/mol. The number of carbonyl (C=O) groups excluding carboxylic acids is 1. The Kier molecular flexibility index (Phi) is 9.00. The number of aromatic amines is 1. The van der Waals surface area contributed by atoms with E-state index in [1.807, 2.05) is 13.8 Å². The van der Waals surface area contributed by atoms with Crippen LogP contribution in [0.5, 0.6) is 0 Å². The summed E-state index contributed by atoms with van der Waals surface area (Å²) in [5.74, 6) is -2.83. The van der Waals surface area contributed by atoms with Crippen molar-refractivity contribution in [3.63, 3.8) is 0 Å². The minimum Gasteiger partial charge on any atom is -0.505 e. The lowest BCUT2D eigenvalue weighted by molar-refractivity contribution is -0.147. The number of esters is 1. The van der Waals surface area contributed by atoms with Gasteiger partial charge in [0, 0.05) is 0 Å². The molecule has 3 aliphatic heterocycles. The van der Waals surface area contributed by atoms with Crippen LogP contribution < -0.4 is 11.2 Å². The van der Waals surface area contributed by atoms with E-state index in [9.17, 15) is 29.7 Å². The summed E-state index contributed by atoms with van der Waals surface area (Å²) in [5.41, 5.74) is 1.11. The topological polar surface area (TPSA) is 269 Å². The lowest BCUT2D eigenvalue weighted by Crippen LogP contribution is -2.42. The quantitative estimate of drug-likeness (QED) is 0.104. The molecule has 16 heteroatoms. The Labute approximate surface area is 218 Å². The van der Waals surface area contributed by atoms with Gasteiger partial charge in [0.05, 0.1) is 30.8 Å². The highest BCUT2D eigenvalue weighted by atomic mass is 16.6. The van der Waals surface area contributed by atoms with E-state index >= 15 is 0 Å². The summed E-state index contributed by atoms with van der Waals surface area (Å²) in [6.07, 6.45) is -7.46. The van der Waals surface area contributed by atoms with E-state index < -0.39 is 72.5 Å². The van der Waals surface area contributed by atoms with Crippen LogP contribution in [0, 0.1) is 13.8 Å². The third-order valence-electron chi connectivity index (χ3n) is 6.05. The third kappa shape index (κ3) is 6.06. The van der Waals surface area contributed by atoms with E-state index in [-0.39, 0.29) is 18.1 Å². The van der Waals surface area contributed by atoms with Crippen LogP contribution in [0.15, 0.2) is 33.2 Å². The molecule has 0 amide bonds. The molecule has 1 aromatic carbocycles. The lowest BCUT2D eigenvalue weighted by atomic mass is 10.1. The Bertz CT molecular complexity index is 1480. The van der Waals surface area contributed by atoms with Gasteiger partial charge in [-0.05, 0) is 37.1 Å². The maximum Gasteiger partial charge on any atom is 0.377 e. The number of H-pyrrole nitrogens is 1. The van der Waals surface area contributed by atoms with Crippen molar-refractivity contribution in [3.8, 4) is 11.5 Å². The van der Waals surface area contributed by atoms with Crippen molar-refractivity contribution >= 4 is 17.0 Å². The first-order chi connectivity index (χ1) is 18.3. The van der Waals surface area contributed by atoms with Gasteiger partial charge in [-0.2, -0.15) is 4.98 Å². The first kappa shape index (κ1) is 29.6. The highest BCUT2D eigenvalue weighted by Gasteiger charge is 2.38. The predicted molar refractivity (Wildman–Crippen MR) is 131 cm³/mol. The number of ether oxygens (including phenoxy) is 1. The van der Waals surface area contributed by atoms with Crippen LogP contribution in [0.3, 0.4) is 0 Å². The Balaban J connectivity index is 0.000000293. The number of aliphatic hydroxyl groups is 8. The number of aliphatic hydroxyl groups excluding tert-OH is 8. The van der Waals surface area contributed by atoms with Crippen LogP contribution in [-0.2, 0) is 16.1 Å². The highest BCUT2D eigenvalue weighted by Crippen LogP contribution is 2.24. The van der Waals surface area contributed by atoms with Gasteiger partial charge in [-0.25, -0.2) is 14.6 Å². The number of aromatic nitrogens is 4. The fourth-order valence-corrected chi connectivity index (χ4v) is 3.72. The minimum atomic E-state index is -1.64. The Hall–Kier alpha value is -3.93.